The number of piperazine rings is 1. The molecule has 1 aliphatic rings. The Morgan fingerprint density at radius 3 is 2.50 bits per heavy atom. The van der Waals surface area contributed by atoms with E-state index >= 15 is 0 Å². The molecule has 1 aromatic heterocycles. The highest BCUT2D eigenvalue weighted by molar-refractivity contribution is 6.07. The first kappa shape index (κ1) is 23.8. The van der Waals surface area contributed by atoms with Crippen molar-refractivity contribution in [2.45, 2.75) is 12.6 Å². The van der Waals surface area contributed by atoms with Crippen LogP contribution in [0.2, 0.25) is 0 Å². The molecule has 0 radical (unpaired) electrons. The summed E-state index contributed by atoms with van der Waals surface area (Å²) in [7, 11) is 1.62. The van der Waals surface area contributed by atoms with Crippen LogP contribution in [0, 0.1) is 0 Å². The Morgan fingerprint density at radius 2 is 1.76 bits per heavy atom. The molecule has 1 N–H and O–H groups in total. The molecule has 0 atom stereocenters. The van der Waals surface area contributed by atoms with Gasteiger partial charge in [0.1, 0.15) is 5.82 Å². The van der Waals surface area contributed by atoms with Gasteiger partial charge in [0.05, 0.1) is 16.6 Å². The molecule has 0 spiro atoms. The number of fused-ring (bicyclic) bond motifs is 1. The number of halogens is 3. The summed E-state index contributed by atoms with van der Waals surface area (Å²) in [5.41, 5.74) is 1.18. The van der Waals surface area contributed by atoms with Crippen LogP contribution in [0.5, 0.6) is 0 Å². The van der Waals surface area contributed by atoms with Crippen molar-refractivity contribution in [1.82, 2.24) is 10.3 Å². The van der Waals surface area contributed by atoms with Gasteiger partial charge in [0.2, 0.25) is 0 Å². The Balaban J connectivity index is 1.51. The fourth-order valence-corrected chi connectivity index (χ4v) is 4.10. The minimum absolute atomic E-state index is 0.168. The third-order valence-corrected chi connectivity index (χ3v) is 5.90. The lowest BCUT2D eigenvalue weighted by atomic mass is 10.1. The highest BCUT2D eigenvalue weighted by Gasteiger charge is 2.31. The molecule has 1 amide bonds. The molecule has 3 aromatic rings. The summed E-state index contributed by atoms with van der Waals surface area (Å²) in [5.74, 6) is 0.517. The van der Waals surface area contributed by atoms with Crippen LogP contribution in [0.25, 0.3) is 10.9 Å². The van der Waals surface area contributed by atoms with Crippen molar-refractivity contribution in [3.63, 3.8) is 0 Å². The number of carbonyl (C=O) groups excluding carboxylic acids is 1. The van der Waals surface area contributed by atoms with Gasteiger partial charge >= 0.3 is 6.18 Å². The van der Waals surface area contributed by atoms with Crippen LogP contribution >= 0.6 is 0 Å². The smallest absolute Gasteiger partial charge is 0.385 e. The van der Waals surface area contributed by atoms with Gasteiger partial charge in [-0.2, -0.15) is 13.2 Å². The first-order chi connectivity index (χ1) is 16.4. The number of benzene rings is 2. The molecule has 0 bridgehead atoms. The van der Waals surface area contributed by atoms with Gasteiger partial charge in [-0.15, -0.1) is 0 Å². The predicted molar refractivity (Wildman–Crippen MR) is 126 cm³/mol. The number of hydrogen-bond acceptors (Lipinski definition) is 5. The number of hydrogen-bond donors (Lipinski definition) is 1. The molecule has 1 aliphatic heterocycles. The number of pyridine rings is 1. The third-order valence-electron chi connectivity index (χ3n) is 5.90. The Morgan fingerprint density at radius 1 is 1.03 bits per heavy atom. The van der Waals surface area contributed by atoms with Crippen molar-refractivity contribution in [2.24, 2.45) is 0 Å². The molecule has 1 saturated heterocycles. The number of anilines is 2. The summed E-state index contributed by atoms with van der Waals surface area (Å²) >= 11 is 0. The Kier molecular flexibility index (Phi) is 7.21. The lowest BCUT2D eigenvalue weighted by Gasteiger charge is -2.37. The van der Waals surface area contributed by atoms with Crippen molar-refractivity contribution in [3.05, 3.63) is 65.7 Å². The summed E-state index contributed by atoms with van der Waals surface area (Å²) in [5, 5.41) is 3.71. The third kappa shape index (κ3) is 5.41. The number of aromatic nitrogens is 1. The fourth-order valence-electron chi connectivity index (χ4n) is 4.10. The van der Waals surface area contributed by atoms with E-state index in [0.717, 1.165) is 23.4 Å². The number of nitrogens with zero attached hydrogens (tertiary/aromatic N) is 3. The van der Waals surface area contributed by atoms with E-state index < -0.39 is 11.7 Å². The molecule has 0 saturated carbocycles. The van der Waals surface area contributed by atoms with E-state index in [1.165, 1.54) is 12.1 Å². The Labute approximate surface area is 196 Å². The summed E-state index contributed by atoms with van der Waals surface area (Å²) in [6.45, 7) is 3.34. The standard InChI is InChI=1S/C25H27F3N4O2/c1-34-15-5-10-29-24(33)21-17-23(30-22-9-3-2-8-20(21)22)32-13-11-31(12-14-32)19-7-4-6-18(16-19)25(26,27)28/h2-4,6-9,16-17H,5,10-15H2,1H3,(H,29,33). The van der Waals surface area contributed by atoms with Gasteiger partial charge in [0.15, 0.2) is 0 Å². The average Bonchev–Trinajstić information content (AvgIpc) is 2.85. The van der Waals surface area contributed by atoms with Crippen LogP contribution < -0.4 is 15.1 Å². The monoisotopic (exact) mass is 472 g/mol. The summed E-state index contributed by atoms with van der Waals surface area (Å²) in [6.07, 6.45) is -3.65. The van der Waals surface area contributed by atoms with Crippen LogP contribution in [0.1, 0.15) is 22.3 Å². The number of methoxy groups -OCH3 is 1. The average molecular weight is 473 g/mol. The second-order valence-corrected chi connectivity index (χ2v) is 8.17. The first-order valence-electron chi connectivity index (χ1n) is 11.2. The maximum atomic E-state index is 13.1. The van der Waals surface area contributed by atoms with Gasteiger partial charge in [0, 0.05) is 57.5 Å². The number of rotatable bonds is 7. The second kappa shape index (κ2) is 10.3. The van der Waals surface area contributed by atoms with Gasteiger partial charge in [0.25, 0.3) is 5.91 Å². The zero-order valence-corrected chi connectivity index (χ0v) is 18.9. The zero-order valence-electron chi connectivity index (χ0n) is 18.9. The van der Waals surface area contributed by atoms with E-state index in [0.29, 0.717) is 56.4 Å². The van der Waals surface area contributed by atoms with E-state index in [4.69, 9.17) is 9.72 Å². The quantitative estimate of drug-likeness (QED) is 0.519. The molecule has 1 fully saturated rings. The number of nitrogens with one attached hydrogen (secondary N) is 1. The maximum Gasteiger partial charge on any atom is 0.416 e. The van der Waals surface area contributed by atoms with Gasteiger partial charge < -0.3 is 19.9 Å². The minimum atomic E-state index is -4.37. The molecule has 180 valence electrons. The molecular weight excluding hydrogens is 445 g/mol. The molecule has 2 heterocycles. The molecular formula is C25H27F3N4O2. The Bertz CT molecular complexity index is 1140. The molecule has 2 aromatic carbocycles. The van der Waals surface area contributed by atoms with Crippen LogP contribution in [-0.2, 0) is 10.9 Å². The van der Waals surface area contributed by atoms with Crippen LogP contribution in [0.4, 0.5) is 24.7 Å². The Hall–Kier alpha value is -3.33. The molecule has 9 heteroatoms. The minimum Gasteiger partial charge on any atom is -0.385 e. The van der Waals surface area contributed by atoms with Crippen LogP contribution in [-0.4, -0.2) is 57.3 Å². The van der Waals surface area contributed by atoms with Crippen molar-refractivity contribution in [3.8, 4) is 0 Å². The van der Waals surface area contributed by atoms with E-state index in [1.54, 1.807) is 19.2 Å². The zero-order chi connectivity index (χ0) is 24.1. The van der Waals surface area contributed by atoms with Gasteiger partial charge in [-0.1, -0.05) is 24.3 Å². The van der Waals surface area contributed by atoms with E-state index in [9.17, 15) is 18.0 Å². The summed E-state index contributed by atoms with van der Waals surface area (Å²) in [6, 6.07) is 14.7. The highest BCUT2D eigenvalue weighted by atomic mass is 19.4. The number of para-hydroxylation sites is 1. The number of amides is 1. The first-order valence-corrected chi connectivity index (χ1v) is 11.2. The number of ether oxygens (including phenoxy) is 1. The SMILES string of the molecule is COCCCNC(=O)c1cc(N2CCN(c3cccc(C(F)(F)F)c3)CC2)nc2ccccc12. The van der Waals surface area contributed by atoms with Crippen LogP contribution in [0.3, 0.4) is 0 Å². The summed E-state index contributed by atoms with van der Waals surface area (Å²) in [4.78, 5) is 21.7. The maximum absolute atomic E-state index is 13.1. The van der Waals surface area contributed by atoms with Crippen molar-refractivity contribution in [1.29, 1.82) is 0 Å². The molecule has 0 unspecified atom stereocenters. The van der Waals surface area contributed by atoms with E-state index in [1.807, 2.05) is 29.2 Å². The van der Waals surface area contributed by atoms with Gasteiger partial charge in [-0.3, -0.25) is 4.79 Å². The lowest BCUT2D eigenvalue weighted by molar-refractivity contribution is -0.137. The molecule has 0 aliphatic carbocycles. The number of carbonyl (C=O) groups is 1. The summed E-state index contributed by atoms with van der Waals surface area (Å²) < 4.78 is 44.3. The van der Waals surface area contributed by atoms with Crippen LogP contribution in [0.15, 0.2) is 54.6 Å². The van der Waals surface area contributed by atoms with E-state index in [-0.39, 0.29) is 5.91 Å². The molecule has 6 nitrogen and oxygen atoms in total. The number of alkyl halides is 3. The van der Waals surface area contributed by atoms with Crippen molar-refractivity contribution in [2.75, 3.05) is 56.2 Å². The second-order valence-electron chi connectivity index (χ2n) is 8.17. The highest BCUT2D eigenvalue weighted by Crippen LogP contribution is 2.32. The fraction of sp³-hybridized carbons (Fsp3) is 0.360. The largest absolute Gasteiger partial charge is 0.416 e. The van der Waals surface area contributed by atoms with E-state index in [2.05, 4.69) is 10.2 Å². The molecule has 4 rings (SSSR count). The lowest BCUT2D eigenvalue weighted by Crippen LogP contribution is -2.47. The van der Waals surface area contributed by atoms with Gasteiger partial charge in [-0.25, -0.2) is 4.98 Å². The molecule has 34 heavy (non-hydrogen) atoms. The van der Waals surface area contributed by atoms with Crippen molar-refractivity contribution >= 4 is 28.3 Å². The predicted octanol–water partition coefficient (Wildman–Crippen LogP) is 4.35. The van der Waals surface area contributed by atoms with Crippen molar-refractivity contribution < 1.29 is 22.7 Å². The topological polar surface area (TPSA) is 57.7 Å². The van der Waals surface area contributed by atoms with Gasteiger partial charge in [-0.05, 0) is 36.8 Å². The normalized spacial score (nSPS) is 14.5.